The maximum Gasteiger partial charge on any atom is 0.306 e. The Bertz CT molecular complexity index is 1370. The molecule has 71 heavy (non-hydrogen) atoms. The van der Waals surface area contributed by atoms with E-state index in [9.17, 15) is 14.4 Å². The molecule has 0 bridgehead atoms. The lowest BCUT2D eigenvalue weighted by atomic mass is 10.0. The van der Waals surface area contributed by atoms with Crippen LogP contribution in [0.3, 0.4) is 0 Å². The summed E-state index contributed by atoms with van der Waals surface area (Å²) in [6.45, 7) is 6.44. The predicted molar refractivity (Wildman–Crippen MR) is 307 cm³/mol. The maximum absolute atomic E-state index is 12.7. The third-order valence-electron chi connectivity index (χ3n) is 12.9. The molecule has 0 saturated carbocycles. The quantitative estimate of drug-likeness (QED) is 0.0261. The summed E-state index contributed by atoms with van der Waals surface area (Å²) in [4.78, 5) is 37.8. The van der Waals surface area contributed by atoms with E-state index in [2.05, 4.69) is 106 Å². The van der Waals surface area contributed by atoms with E-state index in [1.807, 2.05) is 0 Å². The van der Waals surface area contributed by atoms with Gasteiger partial charge in [-0.05, 0) is 96.3 Å². The van der Waals surface area contributed by atoms with Crippen LogP contribution < -0.4 is 0 Å². The predicted octanol–water partition coefficient (Wildman–Crippen LogP) is 20.3. The van der Waals surface area contributed by atoms with Gasteiger partial charge in [0.05, 0.1) is 0 Å². The lowest BCUT2D eigenvalue weighted by Gasteiger charge is -2.18. The van der Waals surface area contributed by atoms with Crippen molar-refractivity contribution in [3.63, 3.8) is 0 Å². The number of ether oxygens (including phenoxy) is 3. The average Bonchev–Trinajstić information content (AvgIpc) is 3.37. The topological polar surface area (TPSA) is 78.9 Å². The summed E-state index contributed by atoms with van der Waals surface area (Å²) in [5, 5.41) is 0. The van der Waals surface area contributed by atoms with Crippen molar-refractivity contribution in [3.8, 4) is 0 Å². The number of unbranched alkanes of at least 4 members (excludes halogenated alkanes) is 29. The van der Waals surface area contributed by atoms with Crippen LogP contribution in [0.1, 0.15) is 290 Å². The van der Waals surface area contributed by atoms with E-state index in [0.717, 1.165) is 109 Å². The van der Waals surface area contributed by atoms with Gasteiger partial charge < -0.3 is 14.2 Å². The molecule has 0 heterocycles. The van der Waals surface area contributed by atoms with E-state index < -0.39 is 6.10 Å². The van der Waals surface area contributed by atoms with E-state index >= 15 is 0 Å². The molecule has 0 amide bonds. The number of allylic oxidation sites excluding steroid dienone is 14. The molecule has 6 heteroatoms. The Morgan fingerprint density at radius 1 is 0.296 bits per heavy atom. The van der Waals surface area contributed by atoms with Crippen molar-refractivity contribution in [3.05, 3.63) is 85.1 Å². The first-order chi connectivity index (χ1) is 35.0. The van der Waals surface area contributed by atoms with Crippen LogP contribution in [-0.4, -0.2) is 37.2 Å². The van der Waals surface area contributed by atoms with Gasteiger partial charge in [-0.2, -0.15) is 0 Å². The summed E-state index contributed by atoms with van der Waals surface area (Å²) in [7, 11) is 0. The number of carbonyl (C=O) groups is 3. The van der Waals surface area contributed by atoms with Crippen molar-refractivity contribution in [2.45, 2.75) is 297 Å². The molecule has 0 aromatic rings. The van der Waals surface area contributed by atoms with Crippen molar-refractivity contribution < 1.29 is 28.6 Å². The van der Waals surface area contributed by atoms with Crippen molar-refractivity contribution in [1.82, 2.24) is 0 Å². The Morgan fingerprint density at radius 3 is 0.901 bits per heavy atom. The number of carbonyl (C=O) groups excluding carboxylic acids is 3. The second kappa shape index (κ2) is 59.2. The summed E-state index contributed by atoms with van der Waals surface area (Å²) >= 11 is 0. The molecule has 0 radical (unpaired) electrons. The van der Waals surface area contributed by atoms with Crippen molar-refractivity contribution in [1.29, 1.82) is 0 Å². The Balaban J connectivity index is 3.93. The first-order valence-electron chi connectivity index (χ1n) is 30.1. The number of hydrogen-bond donors (Lipinski definition) is 0. The van der Waals surface area contributed by atoms with Gasteiger partial charge in [-0.1, -0.05) is 260 Å². The molecule has 0 N–H and O–H groups in total. The molecular formula is C65H112O6. The van der Waals surface area contributed by atoms with Gasteiger partial charge in [0.1, 0.15) is 13.2 Å². The van der Waals surface area contributed by atoms with E-state index in [1.165, 1.54) is 141 Å². The average molecular weight is 990 g/mol. The summed E-state index contributed by atoms with van der Waals surface area (Å²) in [5.74, 6) is -0.889. The second-order valence-electron chi connectivity index (χ2n) is 19.9. The van der Waals surface area contributed by atoms with Gasteiger partial charge in [0, 0.05) is 19.3 Å². The molecular weight excluding hydrogens is 877 g/mol. The van der Waals surface area contributed by atoms with Crippen molar-refractivity contribution in [2.75, 3.05) is 13.2 Å². The van der Waals surface area contributed by atoms with Gasteiger partial charge in [0.15, 0.2) is 6.10 Å². The lowest BCUT2D eigenvalue weighted by Crippen LogP contribution is -2.30. The van der Waals surface area contributed by atoms with Crippen molar-refractivity contribution >= 4 is 17.9 Å². The van der Waals surface area contributed by atoms with Gasteiger partial charge in [-0.3, -0.25) is 14.4 Å². The van der Waals surface area contributed by atoms with Crippen LogP contribution >= 0.6 is 0 Å². The number of hydrogen-bond acceptors (Lipinski definition) is 6. The van der Waals surface area contributed by atoms with E-state index in [0.29, 0.717) is 19.3 Å². The fourth-order valence-corrected chi connectivity index (χ4v) is 8.38. The standard InChI is InChI=1S/C65H112O6/c1-4-7-10-13-16-18-20-22-23-24-25-26-27-28-29-30-31-32-33-34-35-36-37-38-39-40-41-42-43-44-46-47-49-52-55-58-64(67)70-61-62(60-69-63(66)57-54-51-15-12-9-6-3)71-65(68)59-56-53-50-48-45-21-19-17-14-11-8-5-2/h7,10,16-19,22-23,25-26,28-29,31-32,62H,4-6,8-9,11-15,20-21,24,27,30,33-61H2,1-3H3/b10-7-,18-16-,19-17-,23-22-,26-25-,29-28-,32-31-. The highest BCUT2D eigenvalue weighted by Gasteiger charge is 2.19. The maximum atomic E-state index is 12.7. The zero-order valence-corrected chi connectivity index (χ0v) is 46.7. The highest BCUT2D eigenvalue weighted by atomic mass is 16.6. The van der Waals surface area contributed by atoms with E-state index in [4.69, 9.17) is 14.2 Å². The van der Waals surface area contributed by atoms with Crippen LogP contribution in [0.25, 0.3) is 0 Å². The minimum Gasteiger partial charge on any atom is -0.462 e. The third-order valence-corrected chi connectivity index (χ3v) is 12.9. The SMILES string of the molecule is CC/C=C\C/C=C\C/C=C\C/C=C\C/C=C\C/C=C\CCCCCCCCCCCCCCCCCCC(=O)OCC(COC(=O)CCCCCCCC)OC(=O)CCCCCCC/C=C\CCCCC. The highest BCUT2D eigenvalue weighted by molar-refractivity contribution is 5.71. The molecule has 0 rings (SSSR count). The molecule has 0 fully saturated rings. The summed E-state index contributed by atoms with van der Waals surface area (Å²) in [6, 6.07) is 0. The molecule has 0 aliphatic heterocycles. The van der Waals surface area contributed by atoms with Crippen LogP contribution in [0.5, 0.6) is 0 Å². The monoisotopic (exact) mass is 989 g/mol. The summed E-state index contributed by atoms with van der Waals surface area (Å²) < 4.78 is 16.7. The van der Waals surface area contributed by atoms with Crippen LogP contribution in [0.2, 0.25) is 0 Å². The Kier molecular flexibility index (Phi) is 56.3. The van der Waals surface area contributed by atoms with E-state index in [1.54, 1.807) is 0 Å². The molecule has 0 aromatic carbocycles. The van der Waals surface area contributed by atoms with Gasteiger partial charge in [0.25, 0.3) is 0 Å². The van der Waals surface area contributed by atoms with E-state index in [-0.39, 0.29) is 31.1 Å². The molecule has 0 spiro atoms. The Hall–Kier alpha value is -3.41. The molecule has 1 unspecified atom stereocenters. The zero-order valence-electron chi connectivity index (χ0n) is 46.7. The number of rotatable bonds is 54. The lowest BCUT2D eigenvalue weighted by molar-refractivity contribution is -0.167. The minimum absolute atomic E-state index is 0.0762. The van der Waals surface area contributed by atoms with Gasteiger partial charge in [-0.15, -0.1) is 0 Å². The third kappa shape index (κ3) is 57.4. The first-order valence-corrected chi connectivity index (χ1v) is 30.1. The molecule has 0 aliphatic rings. The Morgan fingerprint density at radius 2 is 0.549 bits per heavy atom. The van der Waals surface area contributed by atoms with Crippen LogP contribution in [0.4, 0.5) is 0 Å². The number of esters is 3. The summed E-state index contributed by atoms with van der Waals surface area (Å²) in [5.41, 5.74) is 0. The highest BCUT2D eigenvalue weighted by Crippen LogP contribution is 2.16. The first kappa shape index (κ1) is 67.6. The van der Waals surface area contributed by atoms with Crippen LogP contribution in [0.15, 0.2) is 85.1 Å². The second-order valence-corrected chi connectivity index (χ2v) is 19.9. The molecule has 408 valence electrons. The van der Waals surface area contributed by atoms with Crippen LogP contribution in [0, 0.1) is 0 Å². The Labute approximate surface area is 439 Å². The molecule has 6 nitrogen and oxygen atoms in total. The molecule has 1 atom stereocenters. The van der Waals surface area contributed by atoms with Gasteiger partial charge in [-0.25, -0.2) is 0 Å². The van der Waals surface area contributed by atoms with Gasteiger partial charge >= 0.3 is 17.9 Å². The molecule has 0 aliphatic carbocycles. The molecule has 0 aromatic heterocycles. The van der Waals surface area contributed by atoms with Crippen molar-refractivity contribution in [2.24, 2.45) is 0 Å². The normalized spacial score (nSPS) is 12.7. The smallest absolute Gasteiger partial charge is 0.306 e. The van der Waals surface area contributed by atoms with Gasteiger partial charge in [0.2, 0.25) is 0 Å². The zero-order chi connectivity index (χ0) is 51.4. The fraction of sp³-hybridized carbons (Fsp3) is 0.738. The fourth-order valence-electron chi connectivity index (χ4n) is 8.38. The summed E-state index contributed by atoms with van der Waals surface area (Å²) in [6.07, 6.45) is 77.8. The van der Waals surface area contributed by atoms with Crippen LogP contribution in [-0.2, 0) is 28.6 Å². The molecule has 0 saturated heterocycles. The minimum atomic E-state index is -0.773. The largest absolute Gasteiger partial charge is 0.462 e.